The van der Waals surface area contributed by atoms with Crippen LogP contribution < -0.4 is 0 Å². The van der Waals surface area contributed by atoms with E-state index in [1.54, 1.807) is 0 Å². The molecule has 0 saturated heterocycles. The van der Waals surface area contributed by atoms with Crippen LogP contribution in [0.25, 0.3) is 0 Å². The van der Waals surface area contributed by atoms with Crippen molar-refractivity contribution < 1.29 is 31.3 Å². The van der Waals surface area contributed by atoms with Gasteiger partial charge in [0.25, 0.3) is 16.0 Å². The first-order chi connectivity index (χ1) is 7.03. The zero-order valence-electron chi connectivity index (χ0n) is 8.57. The summed E-state index contributed by atoms with van der Waals surface area (Å²) in [5, 5.41) is 0. The Morgan fingerprint density at radius 3 is 2.38 bits per heavy atom. The minimum absolute atomic E-state index is 0.0538. The molecule has 0 bridgehead atoms. The molecule has 0 spiro atoms. The largest absolute Gasteiger partial charge is 0.462 e. The molecule has 0 unspecified atom stereocenters. The molecular formula is C8H12F2O5S. The molecule has 0 aromatic carbocycles. The summed E-state index contributed by atoms with van der Waals surface area (Å²) in [5.41, 5.74) is 0.0538. The van der Waals surface area contributed by atoms with Crippen LogP contribution in [0.2, 0.25) is 0 Å². The van der Waals surface area contributed by atoms with E-state index < -0.39 is 40.8 Å². The first-order valence-corrected chi connectivity index (χ1v) is 5.80. The van der Waals surface area contributed by atoms with Crippen LogP contribution in [0.1, 0.15) is 13.3 Å². The summed E-state index contributed by atoms with van der Waals surface area (Å²) in [7, 11) is -4.76. The van der Waals surface area contributed by atoms with E-state index in [1.165, 1.54) is 6.92 Å². The van der Waals surface area contributed by atoms with Gasteiger partial charge in [-0.05, 0) is 6.92 Å². The maximum Gasteiger partial charge on any atom is 0.333 e. The fourth-order valence-corrected chi connectivity index (χ4v) is 1.43. The van der Waals surface area contributed by atoms with Crippen LogP contribution in [-0.2, 0) is 19.6 Å². The highest BCUT2D eigenvalue weighted by molar-refractivity contribution is 7.85. The molecule has 8 heteroatoms. The van der Waals surface area contributed by atoms with Gasteiger partial charge in [0.2, 0.25) is 0 Å². The molecule has 0 atom stereocenters. The van der Waals surface area contributed by atoms with Crippen molar-refractivity contribution in [2.24, 2.45) is 0 Å². The van der Waals surface area contributed by atoms with Gasteiger partial charge in [0.15, 0.2) is 0 Å². The fourth-order valence-electron chi connectivity index (χ4n) is 0.755. The lowest BCUT2D eigenvalue weighted by atomic mass is 10.3. The maximum absolute atomic E-state index is 12.8. The van der Waals surface area contributed by atoms with Crippen molar-refractivity contribution in [3.05, 3.63) is 12.2 Å². The molecule has 0 saturated carbocycles. The summed E-state index contributed by atoms with van der Waals surface area (Å²) >= 11 is 0. The van der Waals surface area contributed by atoms with Crippen LogP contribution in [0, 0.1) is 0 Å². The Balaban J connectivity index is 4.11. The van der Waals surface area contributed by atoms with E-state index in [1.807, 2.05) is 0 Å². The third kappa shape index (κ3) is 7.30. The molecule has 0 aliphatic heterocycles. The molecule has 0 aliphatic carbocycles. The van der Waals surface area contributed by atoms with Crippen molar-refractivity contribution in [2.75, 3.05) is 12.4 Å². The predicted octanol–water partition coefficient (Wildman–Crippen LogP) is 1.02. The molecule has 0 radical (unpaired) electrons. The van der Waals surface area contributed by atoms with Crippen molar-refractivity contribution in [1.82, 2.24) is 0 Å². The van der Waals surface area contributed by atoms with Crippen LogP contribution in [0.3, 0.4) is 0 Å². The summed E-state index contributed by atoms with van der Waals surface area (Å²) in [6.45, 7) is 3.93. The lowest BCUT2D eigenvalue weighted by molar-refractivity contribution is -0.140. The van der Waals surface area contributed by atoms with Gasteiger partial charge in [0, 0.05) is 12.0 Å². The van der Waals surface area contributed by atoms with Crippen LogP contribution in [-0.4, -0.2) is 37.2 Å². The fraction of sp³-hybridized carbons (Fsp3) is 0.625. The molecule has 0 heterocycles. The predicted molar refractivity (Wildman–Crippen MR) is 51.8 cm³/mol. The number of carbonyl (C=O) groups is 1. The number of rotatable bonds is 6. The van der Waals surface area contributed by atoms with Gasteiger partial charge in [-0.1, -0.05) is 6.58 Å². The number of carbonyl (C=O) groups excluding carboxylic acids is 1. The average Bonchev–Trinajstić information content (AvgIpc) is 1.98. The number of hydrogen-bond acceptors (Lipinski definition) is 4. The van der Waals surface area contributed by atoms with Gasteiger partial charge in [-0.25, -0.2) is 13.6 Å². The lowest BCUT2D eigenvalue weighted by Gasteiger charge is -2.14. The van der Waals surface area contributed by atoms with E-state index in [2.05, 4.69) is 11.3 Å². The number of hydrogen-bond donors (Lipinski definition) is 1. The molecular weight excluding hydrogens is 246 g/mol. The van der Waals surface area contributed by atoms with E-state index in [0.29, 0.717) is 0 Å². The van der Waals surface area contributed by atoms with E-state index in [-0.39, 0.29) is 5.57 Å². The topological polar surface area (TPSA) is 80.7 Å². The second-order valence-corrected chi connectivity index (χ2v) is 4.70. The molecule has 94 valence electrons. The van der Waals surface area contributed by atoms with Gasteiger partial charge in [0.1, 0.15) is 5.75 Å². The number of esters is 1. The van der Waals surface area contributed by atoms with E-state index in [0.717, 1.165) is 0 Å². The highest BCUT2D eigenvalue weighted by atomic mass is 32.2. The van der Waals surface area contributed by atoms with Gasteiger partial charge in [-0.3, -0.25) is 4.55 Å². The molecule has 0 aromatic heterocycles. The summed E-state index contributed by atoms with van der Waals surface area (Å²) in [5.74, 6) is -6.16. The third-order valence-electron chi connectivity index (χ3n) is 1.44. The second-order valence-electron chi connectivity index (χ2n) is 3.25. The minimum Gasteiger partial charge on any atom is -0.462 e. The Morgan fingerprint density at radius 1 is 1.50 bits per heavy atom. The molecule has 0 amide bonds. The zero-order valence-corrected chi connectivity index (χ0v) is 9.39. The highest BCUT2D eigenvalue weighted by Gasteiger charge is 2.34. The van der Waals surface area contributed by atoms with Crippen molar-refractivity contribution in [3.8, 4) is 0 Å². The van der Waals surface area contributed by atoms with Gasteiger partial charge in [0.05, 0.1) is 6.61 Å². The van der Waals surface area contributed by atoms with Crippen molar-refractivity contribution in [3.63, 3.8) is 0 Å². The van der Waals surface area contributed by atoms with Gasteiger partial charge in [-0.15, -0.1) is 0 Å². The standard InChI is InChI=1S/C8H12F2O5S/c1-6(2)7(11)15-4-3-8(9,10)5-16(12,13)14/h1,3-5H2,2H3,(H,12,13,14). The monoisotopic (exact) mass is 258 g/mol. The minimum atomic E-state index is -4.76. The summed E-state index contributed by atoms with van der Waals surface area (Å²) in [6.07, 6.45) is -0.980. The Labute approximate surface area is 91.8 Å². The SMILES string of the molecule is C=C(C)C(=O)OCCC(F)(F)CS(=O)(=O)O. The van der Waals surface area contributed by atoms with Crippen LogP contribution >= 0.6 is 0 Å². The molecule has 0 aliphatic rings. The molecule has 16 heavy (non-hydrogen) atoms. The molecule has 0 rings (SSSR count). The Hall–Kier alpha value is -1.02. The first kappa shape index (κ1) is 15.0. The van der Waals surface area contributed by atoms with E-state index >= 15 is 0 Å². The van der Waals surface area contributed by atoms with Crippen LogP contribution in [0.4, 0.5) is 8.78 Å². The Morgan fingerprint density at radius 2 is 2.00 bits per heavy atom. The average molecular weight is 258 g/mol. The van der Waals surface area contributed by atoms with Crippen LogP contribution in [0.15, 0.2) is 12.2 Å². The summed E-state index contributed by atoms with van der Waals surface area (Å²) < 4.78 is 58.6. The Kier molecular flexibility index (Phi) is 5.01. The van der Waals surface area contributed by atoms with Crippen molar-refractivity contribution >= 4 is 16.1 Å². The van der Waals surface area contributed by atoms with Crippen molar-refractivity contribution in [1.29, 1.82) is 0 Å². The molecule has 5 nitrogen and oxygen atoms in total. The number of alkyl halides is 2. The van der Waals surface area contributed by atoms with Crippen molar-refractivity contribution in [2.45, 2.75) is 19.3 Å². The zero-order chi connectivity index (χ0) is 13.0. The van der Waals surface area contributed by atoms with Gasteiger partial charge < -0.3 is 4.74 Å². The second kappa shape index (κ2) is 5.35. The van der Waals surface area contributed by atoms with E-state index in [9.17, 15) is 22.0 Å². The maximum atomic E-state index is 12.8. The summed E-state index contributed by atoms with van der Waals surface area (Å²) in [4.78, 5) is 10.8. The van der Waals surface area contributed by atoms with Gasteiger partial charge in [-0.2, -0.15) is 8.42 Å². The van der Waals surface area contributed by atoms with Crippen LogP contribution in [0.5, 0.6) is 0 Å². The quantitative estimate of drug-likeness (QED) is 0.437. The van der Waals surface area contributed by atoms with E-state index in [4.69, 9.17) is 4.55 Å². The molecule has 0 aromatic rings. The smallest absolute Gasteiger partial charge is 0.333 e. The first-order valence-electron chi connectivity index (χ1n) is 4.19. The van der Waals surface area contributed by atoms with Gasteiger partial charge >= 0.3 is 5.97 Å². The molecule has 1 N–H and O–H groups in total. The highest BCUT2D eigenvalue weighted by Crippen LogP contribution is 2.20. The summed E-state index contributed by atoms with van der Waals surface area (Å²) in [6, 6.07) is 0. The lowest BCUT2D eigenvalue weighted by Crippen LogP contribution is -2.29. The third-order valence-corrected chi connectivity index (χ3v) is 2.23. The molecule has 0 fully saturated rings. The Bertz CT molecular complexity index is 374. The normalized spacial score (nSPS) is 12.2. The number of halogens is 2. The number of ether oxygens (including phenoxy) is 1.